The highest BCUT2D eigenvalue weighted by molar-refractivity contribution is 7.87. The second-order valence-corrected chi connectivity index (χ2v) is 10.8. The van der Waals surface area contributed by atoms with Crippen LogP contribution in [0.1, 0.15) is 29.7 Å². The van der Waals surface area contributed by atoms with Crippen molar-refractivity contribution in [3.8, 4) is 5.75 Å². The monoisotopic (exact) mass is 457 g/mol. The average Bonchev–Trinajstić information content (AvgIpc) is 2.83. The molecule has 1 fully saturated rings. The minimum absolute atomic E-state index is 0.142. The van der Waals surface area contributed by atoms with Crippen LogP contribution in [0.25, 0.3) is 0 Å². The Balaban J connectivity index is 0.000000500. The number of hydrogen-bond acceptors (Lipinski definition) is 7. The zero-order valence-electron chi connectivity index (χ0n) is 15.7. The van der Waals surface area contributed by atoms with E-state index in [4.69, 9.17) is 30.2 Å². The highest BCUT2D eigenvalue weighted by Gasteiger charge is 2.45. The highest BCUT2D eigenvalue weighted by Crippen LogP contribution is 2.45. The number of ether oxygens (including phenoxy) is 2. The molecular weight excluding hydrogens is 434 g/mol. The Morgan fingerprint density at radius 2 is 1.71 bits per heavy atom. The fraction of sp³-hybridized carbons (Fsp3) is 0.625. The van der Waals surface area contributed by atoms with E-state index in [1.165, 1.54) is 0 Å². The number of halogens is 1. The second kappa shape index (κ2) is 8.42. The fourth-order valence-corrected chi connectivity index (χ4v) is 3.84. The zero-order valence-corrected chi connectivity index (χ0v) is 18.1. The molecule has 2 N–H and O–H groups in total. The van der Waals surface area contributed by atoms with Gasteiger partial charge in [0.05, 0.1) is 19.5 Å². The van der Waals surface area contributed by atoms with Crippen molar-refractivity contribution in [1.82, 2.24) is 4.90 Å². The summed E-state index contributed by atoms with van der Waals surface area (Å²) in [7, 11) is -8.01. The first-order valence-electron chi connectivity index (χ1n) is 8.37. The lowest BCUT2D eigenvalue weighted by Crippen LogP contribution is -2.52. The molecule has 28 heavy (non-hydrogen) atoms. The Bertz CT molecular complexity index is 903. The Morgan fingerprint density at radius 3 is 2.21 bits per heavy atom. The fourth-order valence-electron chi connectivity index (χ4n) is 3.21. The van der Waals surface area contributed by atoms with E-state index in [1.807, 2.05) is 0 Å². The third kappa shape index (κ3) is 5.78. The van der Waals surface area contributed by atoms with Crippen molar-refractivity contribution in [2.75, 3.05) is 32.6 Å². The number of rotatable bonds is 3. The molecule has 1 aromatic rings. The lowest BCUT2D eigenvalue weighted by molar-refractivity contribution is -0.0612. The van der Waals surface area contributed by atoms with Crippen LogP contribution in [0.15, 0.2) is 18.2 Å². The molecule has 12 heteroatoms. The summed E-state index contributed by atoms with van der Waals surface area (Å²) in [5.41, 5.74) is 0.895. The lowest BCUT2D eigenvalue weighted by atomic mass is 9.83. The SMILES string of the molecule is CC1(C)c2cc(C(Cl)S(=O)(=O)O)ccc2OC1N1CCOCC1.CS(=O)(=O)O. The second-order valence-electron chi connectivity index (χ2n) is 7.16. The van der Waals surface area contributed by atoms with Gasteiger partial charge in [-0.3, -0.25) is 14.0 Å². The predicted octanol–water partition coefficient (Wildman–Crippen LogP) is 1.64. The van der Waals surface area contributed by atoms with Gasteiger partial charge < -0.3 is 9.47 Å². The van der Waals surface area contributed by atoms with Crippen LogP contribution in [0.4, 0.5) is 0 Å². The molecule has 9 nitrogen and oxygen atoms in total. The van der Waals surface area contributed by atoms with Crippen molar-refractivity contribution in [2.45, 2.75) is 30.2 Å². The molecule has 1 saturated heterocycles. The van der Waals surface area contributed by atoms with E-state index in [9.17, 15) is 16.8 Å². The van der Waals surface area contributed by atoms with Gasteiger partial charge in [-0.05, 0) is 17.7 Å². The quantitative estimate of drug-likeness (QED) is 0.513. The van der Waals surface area contributed by atoms with Crippen molar-refractivity contribution >= 4 is 31.8 Å². The van der Waals surface area contributed by atoms with E-state index >= 15 is 0 Å². The number of hydrogen-bond donors (Lipinski definition) is 2. The molecule has 2 aliphatic rings. The van der Waals surface area contributed by atoms with E-state index in [1.54, 1.807) is 18.2 Å². The van der Waals surface area contributed by atoms with Gasteiger partial charge in [-0.2, -0.15) is 16.8 Å². The summed E-state index contributed by atoms with van der Waals surface area (Å²) in [6.07, 6.45) is 0.573. The smallest absolute Gasteiger partial charge is 0.286 e. The molecule has 2 unspecified atom stereocenters. The zero-order chi connectivity index (χ0) is 21.3. The molecule has 0 saturated carbocycles. The third-order valence-electron chi connectivity index (χ3n) is 4.45. The Kier molecular flexibility index (Phi) is 7.02. The van der Waals surface area contributed by atoms with E-state index < -0.39 is 24.9 Å². The molecule has 0 bridgehead atoms. The minimum atomic E-state index is -4.35. The summed E-state index contributed by atoms with van der Waals surface area (Å²) < 4.78 is 67.6. The van der Waals surface area contributed by atoms with Gasteiger partial charge in [-0.15, -0.1) is 0 Å². The normalized spacial score (nSPS) is 23.1. The molecule has 3 rings (SSSR count). The summed E-state index contributed by atoms with van der Waals surface area (Å²) >= 11 is 5.86. The van der Waals surface area contributed by atoms with Crippen molar-refractivity contribution in [2.24, 2.45) is 0 Å². The first-order chi connectivity index (χ1) is 12.7. The van der Waals surface area contributed by atoms with Crippen LogP contribution >= 0.6 is 11.6 Å². The van der Waals surface area contributed by atoms with Crippen molar-refractivity contribution in [1.29, 1.82) is 0 Å². The first kappa shape index (κ1) is 23.3. The Labute approximate surface area is 170 Å². The van der Waals surface area contributed by atoms with Crippen LogP contribution in [0.3, 0.4) is 0 Å². The van der Waals surface area contributed by atoms with Crippen molar-refractivity contribution < 1.29 is 35.4 Å². The summed E-state index contributed by atoms with van der Waals surface area (Å²) in [5, 5.41) is 0. The van der Waals surface area contributed by atoms with Gasteiger partial charge in [-0.25, -0.2) is 0 Å². The Hall–Kier alpha value is -0.950. The lowest BCUT2D eigenvalue weighted by Gasteiger charge is -2.38. The van der Waals surface area contributed by atoms with Gasteiger partial charge in [0.25, 0.3) is 20.2 Å². The maximum absolute atomic E-state index is 11.3. The van der Waals surface area contributed by atoms with Crippen molar-refractivity contribution in [3.63, 3.8) is 0 Å². The van der Waals surface area contributed by atoms with Crippen LogP contribution in [-0.4, -0.2) is 69.6 Å². The minimum Gasteiger partial charge on any atom is -0.474 e. The number of alkyl halides is 1. The number of fused-ring (bicyclic) bond motifs is 1. The van der Waals surface area contributed by atoms with E-state index in [0.29, 0.717) is 25.0 Å². The molecule has 1 aromatic carbocycles. The number of nitrogens with zero attached hydrogens (tertiary/aromatic N) is 1. The highest BCUT2D eigenvalue weighted by atomic mass is 35.5. The summed E-state index contributed by atoms with van der Waals surface area (Å²) in [4.78, 5) is 2.23. The van der Waals surface area contributed by atoms with Gasteiger partial charge in [0.15, 0.2) is 10.9 Å². The Morgan fingerprint density at radius 1 is 1.18 bits per heavy atom. The molecule has 0 amide bonds. The molecule has 2 atom stereocenters. The van der Waals surface area contributed by atoms with E-state index in [0.717, 1.165) is 24.4 Å². The molecule has 0 radical (unpaired) electrons. The van der Waals surface area contributed by atoms with Crippen LogP contribution in [0.5, 0.6) is 5.75 Å². The van der Waals surface area contributed by atoms with Crippen LogP contribution in [0, 0.1) is 0 Å². The van der Waals surface area contributed by atoms with Gasteiger partial charge >= 0.3 is 0 Å². The first-order valence-corrected chi connectivity index (χ1v) is 12.2. The maximum atomic E-state index is 11.3. The number of benzene rings is 1. The topological polar surface area (TPSA) is 130 Å². The van der Waals surface area contributed by atoms with Crippen molar-refractivity contribution in [3.05, 3.63) is 29.3 Å². The molecule has 160 valence electrons. The van der Waals surface area contributed by atoms with E-state index in [2.05, 4.69) is 18.7 Å². The summed E-state index contributed by atoms with van der Waals surface area (Å²) in [6.45, 7) is 7.03. The van der Waals surface area contributed by atoms with Crippen LogP contribution in [0.2, 0.25) is 0 Å². The van der Waals surface area contributed by atoms with Gasteiger partial charge in [-0.1, -0.05) is 31.5 Å². The molecular formula is C16H24ClNO8S2. The average molecular weight is 458 g/mol. The summed E-state index contributed by atoms with van der Waals surface area (Å²) in [6, 6.07) is 5.00. The molecule has 0 aliphatic carbocycles. The van der Waals surface area contributed by atoms with E-state index in [-0.39, 0.29) is 11.6 Å². The molecule has 2 aliphatic heterocycles. The molecule has 2 heterocycles. The molecule has 0 aromatic heterocycles. The van der Waals surface area contributed by atoms with Gasteiger partial charge in [0.2, 0.25) is 0 Å². The molecule has 0 spiro atoms. The van der Waals surface area contributed by atoms with Gasteiger partial charge in [0.1, 0.15) is 5.75 Å². The van der Waals surface area contributed by atoms with Crippen LogP contribution < -0.4 is 4.74 Å². The third-order valence-corrected chi connectivity index (χ3v) is 6.18. The van der Waals surface area contributed by atoms with Crippen LogP contribution in [-0.2, 0) is 30.4 Å². The predicted molar refractivity (Wildman–Crippen MR) is 104 cm³/mol. The maximum Gasteiger partial charge on any atom is 0.286 e. The van der Waals surface area contributed by atoms with Gasteiger partial charge in [0, 0.05) is 24.1 Å². The standard InChI is InChI=1S/C15H20ClNO5S.CH4O3S/c1-15(2)11-9-10(13(16)23(18,19)20)3-4-12(11)22-14(15)17-5-7-21-8-6-17;1-5(2,3)4/h3-4,9,13-14H,5-8H2,1-2H3,(H,18,19,20);1H3,(H,2,3,4). The largest absolute Gasteiger partial charge is 0.474 e. The number of morpholine rings is 1. The summed E-state index contributed by atoms with van der Waals surface area (Å²) in [5.74, 6) is 0.717.